The van der Waals surface area contributed by atoms with Gasteiger partial charge in [-0.25, -0.2) is 0 Å². The van der Waals surface area contributed by atoms with E-state index in [1.807, 2.05) is 17.8 Å². The predicted molar refractivity (Wildman–Crippen MR) is 92.4 cm³/mol. The van der Waals surface area contributed by atoms with E-state index in [0.29, 0.717) is 6.54 Å². The Morgan fingerprint density at radius 1 is 1.35 bits per heavy atom. The van der Waals surface area contributed by atoms with E-state index in [2.05, 4.69) is 49.4 Å². The van der Waals surface area contributed by atoms with Crippen molar-refractivity contribution in [2.75, 3.05) is 6.54 Å². The summed E-state index contributed by atoms with van der Waals surface area (Å²) in [7, 11) is 1.99. The second-order valence-electron chi connectivity index (χ2n) is 6.74. The Morgan fingerprint density at radius 3 is 2.74 bits per heavy atom. The van der Waals surface area contributed by atoms with Gasteiger partial charge in [-0.2, -0.15) is 5.10 Å². The van der Waals surface area contributed by atoms with Crippen LogP contribution in [-0.4, -0.2) is 21.4 Å². The van der Waals surface area contributed by atoms with Gasteiger partial charge in [-0.3, -0.25) is 4.68 Å². The van der Waals surface area contributed by atoms with Gasteiger partial charge in [0.25, 0.3) is 0 Å². The second kappa shape index (κ2) is 6.10. The van der Waals surface area contributed by atoms with Crippen molar-refractivity contribution in [1.82, 2.24) is 15.1 Å². The lowest BCUT2D eigenvalue weighted by atomic mass is 9.94. The van der Waals surface area contributed by atoms with E-state index in [4.69, 9.17) is 0 Å². The van der Waals surface area contributed by atoms with Crippen molar-refractivity contribution in [3.8, 4) is 0 Å². The molecule has 3 rings (SSSR count). The normalized spacial score (nSPS) is 21.4. The lowest BCUT2D eigenvalue weighted by Gasteiger charge is -2.28. The zero-order valence-corrected chi connectivity index (χ0v) is 14.6. The summed E-state index contributed by atoms with van der Waals surface area (Å²) in [5.41, 5.74) is 5.14. The first-order chi connectivity index (χ1) is 11.0. The van der Waals surface area contributed by atoms with Gasteiger partial charge in [-0.15, -0.1) is 0 Å². The highest BCUT2D eigenvalue weighted by molar-refractivity contribution is 5.37. The summed E-state index contributed by atoms with van der Waals surface area (Å²) < 4.78 is 1.94. The smallest absolute Gasteiger partial charge is 0.103 e. The number of nitrogens with zero attached hydrogens (tertiary/aromatic N) is 2. The van der Waals surface area contributed by atoms with Gasteiger partial charge in [-0.1, -0.05) is 31.2 Å². The Morgan fingerprint density at radius 2 is 2.09 bits per heavy atom. The van der Waals surface area contributed by atoms with Crippen molar-refractivity contribution < 1.29 is 5.11 Å². The average molecular weight is 313 g/mol. The highest BCUT2D eigenvalue weighted by atomic mass is 16.3. The largest absolute Gasteiger partial charge is 0.384 e. The number of benzene rings is 1. The fourth-order valence-corrected chi connectivity index (χ4v) is 3.89. The van der Waals surface area contributed by atoms with Crippen LogP contribution in [0.15, 0.2) is 24.3 Å². The van der Waals surface area contributed by atoms with Crippen LogP contribution in [0.2, 0.25) is 0 Å². The molecule has 0 saturated carbocycles. The molecule has 2 N–H and O–H groups in total. The van der Waals surface area contributed by atoms with E-state index in [0.717, 1.165) is 30.5 Å². The maximum absolute atomic E-state index is 11.1. The molecule has 4 nitrogen and oxygen atoms in total. The molecule has 4 heteroatoms. The van der Waals surface area contributed by atoms with Crippen LogP contribution in [0.3, 0.4) is 0 Å². The Kier molecular flexibility index (Phi) is 4.30. The number of aromatic nitrogens is 2. The van der Waals surface area contributed by atoms with Gasteiger partial charge in [0.1, 0.15) is 5.60 Å². The molecule has 0 fully saturated rings. The zero-order chi connectivity index (χ0) is 16.6. The van der Waals surface area contributed by atoms with Gasteiger partial charge in [0.2, 0.25) is 0 Å². The molecule has 0 aliphatic heterocycles. The molecule has 1 heterocycles. The zero-order valence-electron chi connectivity index (χ0n) is 14.6. The summed E-state index contributed by atoms with van der Waals surface area (Å²) in [5.74, 6) is 0. The van der Waals surface area contributed by atoms with Crippen LogP contribution in [-0.2, 0) is 19.1 Å². The molecule has 0 spiro atoms. The van der Waals surface area contributed by atoms with E-state index in [-0.39, 0.29) is 6.04 Å². The molecule has 1 aromatic heterocycles. The molecule has 2 unspecified atom stereocenters. The van der Waals surface area contributed by atoms with Gasteiger partial charge in [0, 0.05) is 30.9 Å². The summed E-state index contributed by atoms with van der Waals surface area (Å²) >= 11 is 0. The third kappa shape index (κ3) is 2.81. The minimum Gasteiger partial charge on any atom is -0.384 e. The van der Waals surface area contributed by atoms with Crippen LogP contribution >= 0.6 is 0 Å². The Balaban J connectivity index is 1.79. The number of hydrogen-bond donors (Lipinski definition) is 2. The lowest BCUT2D eigenvalue weighted by Crippen LogP contribution is -2.38. The molecule has 23 heavy (non-hydrogen) atoms. The highest BCUT2D eigenvalue weighted by Crippen LogP contribution is 2.37. The topological polar surface area (TPSA) is 50.1 Å². The molecular formula is C19H27N3O. The second-order valence-corrected chi connectivity index (χ2v) is 6.74. The molecular weight excluding hydrogens is 286 g/mol. The molecule has 124 valence electrons. The van der Waals surface area contributed by atoms with Crippen molar-refractivity contribution in [3.63, 3.8) is 0 Å². The maximum atomic E-state index is 11.1. The van der Waals surface area contributed by atoms with Gasteiger partial charge < -0.3 is 10.4 Å². The van der Waals surface area contributed by atoms with E-state index < -0.39 is 5.60 Å². The van der Waals surface area contributed by atoms with Crippen molar-refractivity contribution >= 4 is 0 Å². The first-order valence-corrected chi connectivity index (χ1v) is 8.50. The quantitative estimate of drug-likeness (QED) is 0.892. The molecule has 2 aromatic rings. The first kappa shape index (κ1) is 16.2. The fraction of sp³-hybridized carbons (Fsp3) is 0.526. The monoisotopic (exact) mass is 313 g/mol. The van der Waals surface area contributed by atoms with Gasteiger partial charge in [-0.05, 0) is 44.2 Å². The minimum atomic E-state index is -0.756. The molecule has 1 aromatic carbocycles. The predicted octanol–water partition coefficient (Wildman–Crippen LogP) is 2.91. The van der Waals surface area contributed by atoms with Gasteiger partial charge in [0.05, 0.1) is 5.69 Å². The molecule has 1 aliphatic carbocycles. The van der Waals surface area contributed by atoms with Crippen LogP contribution in [0.1, 0.15) is 53.9 Å². The van der Waals surface area contributed by atoms with Crippen molar-refractivity contribution in [2.45, 2.75) is 51.7 Å². The van der Waals surface area contributed by atoms with E-state index in [1.165, 1.54) is 16.8 Å². The van der Waals surface area contributed by atoms with Crippen LogP contribution < -0.4 is 5.32 Å². The fourth-order valence-electron chi connectivity index (χ4n) is 3.89. The highest BCUT2D eigenvalue weighted by Gasteiger charge is 2.36. The minimum absolute atomic E-state index is 0.223. The summed E-state index contributed by atoms with van der Waals surface area (Å²) in [4.78, 5) is 0. The van der Waals surface area contributed by atoms with E-state index >= 15 is 0 Å². The third-order valence-electron chi connectivity index (χ3n) is 5.29. The number of nitrogens with one attached hydrogen (secondary N) is 1. The summed E-state index contributed by atoms with van der Waals surface area (Å²) in [5, 5.41) is 19.2. The maximum Gasteiger partial charge on any atom is 0.103 e. The molecule has 0 saturated heterocycles. The SMILES string of the molecule is CCC(NCC1(O)CCc2ccccc21)c1c(C)nn(C)c1C. The Hall–Kier alpha value is -1.65. The summed E-state index contributed by atoms with van der Waals surface area (Å²) in [6, 6.07) is 8.48. The standard InChI is InChI=1S/C19H27N3O/c1-5-17(18-13(2)21-22(4)14(18)3)20-12-19(23)11-10-15-8-6-7-9-16(15)19/h6-9,17,20,23H,5,10-12H2,1-4H3. The third-order valence-corrected chi connectivity index (χ3v) is 5.29. The van der Waals surface area contributed by atoms with Crippen molar-refractivity contribution in [2.24, 2.45) is 7.05 Å². The molecule has 2 atom stereocenters. The number of fused-ring (bicyclic) bond motifs is 1. The van der Waals surface area contributed by atoms with Gasteiger partial charge >= 0.3 is 0 Å². The molecule has 0 radical (unpaired) electrons. The van der Waals surface area contributed by atoms with Crippen molar-refractivity contribution in [3.05, 3.63) is 52.3 Å². The summed E-state index contributed by atoms with van der Waals surface area (Å²) in [6.07, 6.45) is 2.72. The Bertz CT molecular complexity index is 707. The molecule has 0 bridgehead atoms. The molecule has 0 amide bonds. The van der Waals surface area contributed by atoms with E-state index in [1.54, 1.807) is 0 Å². The van der Waals surface area contributed by atoms with Crippen LogP contribution in [0.25, 0.3) is 0 Å². The molecule has 1 aliphatic rings. The van der Waals surface area contributed by atoms with Crippen molar-refractivity contribution in [1.29, 1.82) is 0 Å². The number of hydrogen-bond acceptors (Lipinski definition) is 3. The van der Waals surface area contributed by atoms with Crippen LogP contribution in [0.5, 0.6) is 0 Å². The average Bonchev–Trinajstić information content (AvgIpc) is 3.00. The first-order valence-electron chi connectivity index (χ1n) is 8.50. The van der Waals surface area contributed by atoms with Gasteiger partial charge in [0.15, 0.2) is 0 Å². The number of aliphatic hydroxyl groups is 1. The summed E-state index contributed by atoms with van der Waals surface area (Å²) in [6.45, 7) is 6.93. The van der Waals surface area contributed by atoms with Crippen LogP contribution in [0.4, 0.5) is 0 Å². The van der Waals surface area contributed by atoms with E-state index in [9.17, 15) is 5.11 Å². The number of rotatable bonds is 5. The number of aryl methyl sites for hydroxylation is 3. The van der Waals surface area contributed by atoms with Crippen LogP contribution in [0, 0.1) is 13.8 Å². The lowest BCUT2D eigenvalue weighted by molar-refractivity contribution is 0.0356. The Labute approximate surface area is 138 Å².